The highest BCUT2D eigenvalue weighted by atomic mass is 16.5. The summed E-state index contributed by atoms with van der Waals surface area (Å²) in [5.41, 5.74) is 1.75. The second kappa shape index (κ2) is 10.7. The Labute approximate surface area is 180 Å². The van der Waals surface area contributed by atoms with Crippen molar-refractivity contribution in [3.8, 4) is 11.5 Å². The summed E-state index contributed by atoms with van der Waals surface area (Å²) >= 11 is 0. The van der Waals surface area contributed by atoms with Crippen molar-refractivity contribution in [2.45, 2.75) is 13.8 Å². The van der Waals surface area contributed by atoms with Crippen LogP contribution in [0.4, 0.5) is 11.4 Å². The van der Waals surface area contributed by atoms with E-state index in [0.717, 1.165) is 5.56 Å². The first-order valence-corrected chi connectivity index (χ1v) is 9.93. The van der Waals surface area contributed by atoms with Crippen LogP contribution in [0.1, 0.15) is 30.0 Å². The SMILES string of the molecule is CCOc1cc(NC(=O)c2ccco2)c(OCC)cc1NC(=O)C=Cc1ccccc1. The van der Waals surface area contributed by atoms with Crippen LogP contribution in [0.15, 0.2) is 71.4 Å². The normalized spacial score (nSPS) is 10.6. The Bertz CT molecular complexity index is 1040. The fourth-order valence-corrected chi connectivity index (χ4v) is 2.81. The van der Waals surface area contributed by atoms with Crippen molar-refractivity contribution < 1.29 is 23.5 Å². The fraction of sp³-hybridized carbons (Fsp3) is 0.167. The molecular weight excluding hydrogens is 396 g/mol. The van der Waals surface area contributed by atoms with Crippen molar-refractivity contribution in [2.75, 3.05) is 23.8 Å². The molecule has 0 aliphatic carbocycles. The van der Waals surface area contributed by atoms with E-state index in [4.69, 9.17) is 13.9 Å². The Kier molecular flexibility index (Phi) is 7.48. The molecule has 0 unspecified atom stereocenters. The molecule has 0 saturated carbocycles. The molecule has 0 aliphatic rings. The third-order valence-corrected chi connectivity index (χ3v) is 4.16. The number of hydrogen-bond acceptors (Lipinski definition) is 5. The zero-order valence-electron chi connectivity index (χ0n) is 17.4. The molecule has 3 aromatic rings. The topological polar surface area (TPSA) is 89.8 Å². The van der Waals surface area contributed by atoms with Gasteiger partial charge in [-0.1, -0.05) is 30.3 Å². The van der Waals surface area contributed by atoms with Crippen LogP contribution in [0.25, 0.3) is 6.08 Å². The maximum absolute atomic E-state index is 12.5. The molecule has 7 heteroatoms. The van der Waals surface area contributed by atoms with E-state index in [-0.39, 0.29) is 11.7 Å². The van der Waals surface area contributed by atoms with Crippen LogP contribution in [0.5, 0.6) is 11.5 Å². The van der Waals surface area contributed by atoms with Gasteiger partial charge in [0.15, 0.2) is 5.76 Å². The zero-order chi connectivity index (χ0) is 22.1. The van der Waals surface area contributed by atoms with Crippen LogP contribution >= 0.6 is 0 Å². The van der Waals surface area contributed by atoms with Crippen LogP contribution in [-0.2, 0) is 4.79 Å². The third kappa shape index (κ3) is 5.99. The summed E-state index contributed by atoms with van der Waals surface area (Å²) in [5, 5.41) is 5.57. The van der Waals surface area contributed by atoms with Gasteiger partial charge < -0.3 is 24.5 Å². The highest BCUT2D eigenvalue weighted by Gasteiger charge is 2.17. The first-order chi connectivity index (χ1) is 15.1. The highest BCUT2D eigenvalue weighted by Crippen LogP contribution is 2.37. The second-order valence-electron chi connectivity index (χ2n) is 6.38. The van der Waals surface area contributed by atoms with Gasteiger partial charge in [0.25, 0.3) is 5.91 Å². The molecule has 2 aromatic carbocycles. The molecule has 31 heavy (non-hydrogen) atoms. The molecule has 0 saturated heterocycles. The maximum Gasteiger partial charge on any atom is 0.291 e. The lowest BCUT2D eigenvalue weighted by Gasteiger charge is -2.17. The van der Waals surface area contributed by atoms with E-state index in [1.807, 2.05) is 44.2 Å². The van der Waals surface area contributed by atoms with E-state index in [1.165, 1.54) is 12.3 Å². The van der Waals surface area contributed by atoms with Crippen molar-refractivity contribution >= 4 is 29.3 Å². The molecule has 7 nitrogen and oxygen atoms in total. The molecule has 3 rings (SSSR count). The van der Waals surface area contributed by atoms with E-state index in [2.05, 4.69) is 10.6 Å². The van der Waals surface area contributed by atoms with Crippen molar-refractivity contribution in [2.24, 2.45) is 0 Å². The molecule has 2 N–H and O–H groups in total. The lowest BCUT2D eigenvalue weighted by Crippen LogP contribution is -2.14. The number of rotatable bonds is 9. The van der Waals surface area contributed by atoms with Gasteiger partial charge in [-0.05, 0) is 37.6 Å². The zero-order valence-corrected chi connectivity index (χ0v) is 17.4. The Morgan fingerprint density at radius 2 is 1.55 bits per heavy atom. The highest BCUT2D eigenvalue weighted by molar-refractivity contribution is 6.05. The van der Waals surface area contributed by atoms with E-state index < -0.39 is 5.91 Å². The summed E-state index contributed by atoms with van der Waals surface area (Å²) in [6, 6.07) is 15.9. The molecule has 160 valence electrons. The lowest BCUT2D eigenvalue weighted by molar-refractivity contribution is -0.111. The van der Waals surface area contributed by atoms with Gasteiger partial charge in [0, 0.05) is 18.2 Å². The summed E-state index contributed by atoms with van der Waals surface area (Å²) in [6.07, 6.45) is 4.58. The van der Waals surface area contributed by atoms with E-state index in [1.54, 1.807) is 30.3 Å². The third-order valence-electron chi connectivity index (χ3n) is 4.16. The smallest absolute Gasteiger partial charge is 0.291 e. The van der Waals surface area contributed by atoms with Gasteiger partial charge in [0.2, 0.25) is 5.91 Å². The van der Waals surface area contributed by atoms with Crippen molar-refractivity contribution in [3.05, 3.63) is 78.3 Å². The van der Waals surface area contributed by atoms with Crippen molar-refractivity contribution in [1.29, 1.82) is 0 Å². The standard InChI is InChI=1S/C24H24N2O5/c1-3-29-21-16-19(26-24(28)20-11-8-14-31-20)22(30-4-2)15-18(21)25-23(27)13-12-17-9-6-5-7-10-17/h5-16H,3-4H2,1-2H3,(H,25,27)(H,26,28). The Morgan fingerprint density at radius 3 is 2.13 bits per heavy atom. The van der Waals surface area contributed by atoms with Crippen LogP contribution in [-0.4, -0.2) is 25.0 Å². The van der Waals surface area contributed by atoms with E-state index in [0.29, 0.717) is 36.1 Å². The molecule has 0 atom stereocenters. The second-order valence-corrected chi connectivity index (χ2v) is 6.38. The number of amides is 2. The van der Waals surface area contributed by atoms with Gasteiger partial charge in [-0.3, -0.25) is 9.59 Å². The molecule has 0 bridgehead atoms. The fourth-order valence-electron chi connectivity index (χ4n) is 2.81. The Morgan fingerprint density at radius 1 is 0.903 bits per heavy atom. The number of benzene rings is 2. The molecule has 1 heterocycles. The first-order valence-electron chi connectivity index (χ1n) is 9.93. The van der Waals surface area contributed by atoms with Gasteiger partial charge in [-0.2, -0.15) is 0 Å². The minimum atomic E-state index is -0.420. The van der Waals surface area contributed by atoms with E-state index >= 15 is 0 Å². The minimum Gasteiger partial charge on any atom is -0.492 e. The molecule has 0 fully saturated rings. The van der Waals surface area contributed by atoms with Gasteiger partial charge in [0.05, 0.1) is 30.9 Å². The minimum absolute atomic E-state index is 0.170. The van der Waals surface area contributed by atoms with Crippen molar-refractivity contribution in [3.63, 3.8) is 0 Å². The van der Waals surface area contributed by atoms with Crippen LogP contribution < -0.4 is 20.1 Å². The molecule has 0 spiro atoms. The van der Waals surface area contributed by atoms with Gasteiger partial charge in [0.1, 0.15) is 11.5 Å². The molecule has 0 radical (unpaired) electrons. The maximum atomic E-state index is 12.5. The van der Waals surface area contributed by atoms with Gasteiger partial charge in [-0.25, -0.2) is 0 Å². The average Bonchev–Trinajstić information content (AvgIpc) is 3.31. The number of anilines is 2. The average molecular weight is 420 g/mol. The molecule has 0 aliphatic heterocycles. The summed E-state index contributed by atoms with van der Waals surface area (Å²) in [4.78, 5) is 24.9. The summed E-state index contributed by atoms with van der Waals surface area (Å²) in [7, 11) is 0. The Hall–Kier alpha value is -4.00. The summed E-state index contributed by atoms with van der Waals surface area (Å²) < 4.78 is 16.5. The first kappa shape index (κ1) is 21.7. The number of carbonyl (C=O) groups is 2. The van der Waals surface area contributed by atoms with Crippen molar-refractivity contribution in [1.82, 2.24) is 0 Å². The predicted molar refractivity (Wildman–Crippen MR) is 120 cm³/mol. The van der Waals surface area contributed by atoms with Crippen LogP contribution in [0.2, 0.25) is 0 Å². The number of ether oxygens (including phenoxy) is 2. The largest absolute Gasteiger partial charge is 0.492 e. The summed E-state index contributed by atoms with van der Waals surface area (Å²) in [5.74, 6) is 0.231. The number of hydrogen-bond donors (Lipinski definition) is 2. The van der Waals surface area contributed by atoms with Crippen LogP contribution in [0.3, 0.4) is 0 Å². The monoisotopic (exact) mass is 420 g/mol. The molecule has 2 amide bonds. The summed E-state index contributed by atoms with van der Waals surface area (Å²) in [6.45, 7) is 4.41. The molecule has 1 aromatic heterocycles. The quantitative estimate of drug-likeness (QED) is 0.477. The number of furan rings is 1. The number of nitrogens with one attached hydrogen (secondary N) is 2. The van der Waals surface area contributed by atoms with Gasteiger partial charge >= 0.3 is 0 Å². The number of carbonyl (C=O) groups excluding carboxylic acids is 2. The predicted octanol–water partition coefficient (Wildman–Crippen LogP) is 4.98. The van der Waals surface area contributed by atoms with Gasteiger partial charge in [-0.15, -0.1) is 0 Å². The lowest BCUT2D eigenvalue weighted by atomic mass is 10.2. The van der Waals surface area contributed by atoms with E-state index in [9.17, 15) is 9.59 Å². The molecular formula is C24H24N2O5. The Balaban J connectivity index is 1.84. The van der Waals surface area contributed by atoms with Crippen LogP contribution in [0, 0.1) is 0 Å².